The van der Waals surface area contributed by atoms with Crippen LogP contribution in [-0.4, -0.2) is 38.3 Å². The van der Waals surface area contributed by atoms with Gasteiger partial charge in [-0.25, -0.2) is 14.6 Å². The third-order valence-corrected chi connectivity index (χ3v) is 9.80. The van der Waals surface area contributed by atoms with Crippen molar-refractivity contribution < 1.29 is 28.9 Å². The largest absolute Gasteiger partial charge is 0.489 e. The van der Waals surface area contributed by atoms with E-state index in [2.05, 4.69) is 129 Å². The molecule has 0 radical (unpaired) electrons. The zero-order chi connectivity index (χ0) is 37.5. The summed E-state index contributed by atoms with van der Waals surface area (Å²) in [6.45, 7) is 0.139. The Morgan fingerprint density at radius 3 is 1.58 bits per heavy atom. The highest BCUT2D eigenvalue weighted by Crippen LogP contribution is 2.36. The Kier molecular flexibility index (Phi) is 8.43. The maximum atomic E-state index is 12.8. The van der Waals surface area contributed by atoms with Gasteiger partial charge in [0, 0.05) is 39.1 Å². The number of hydrogen-bond donors (Lipinski definition) is 1. The Labute approximate surface area is 315 Å². The second-order valence-corrected chi connectivity index (χ2v) is 13.2. The average Bonchev–Trinajstić information content (AvgIpc) is 3.75. The second-order valence-electron chi connectivity index (χ2n) is 13.2. The Balaban J connectivity index is 1.16. The van der Waals surface area contributed by atoms with Gasteiger partial charge < -0.3 is 28.5 Å². The zero-order valence-corrected chi connectivity index (χ0v) is 29.7. The van der Waals surface area contributed by atoms with E-state index in [1.165, 1.54) is 19.4 Å². The Morgan fingerprint density at radius 2 is 1.07 bits per heavy atom. The smallest absolute Gasteiger partial charge is 0.358 e. The molecule has 9 aromatic rings. The molecule has 0 spiro atoms. The summed E-state index contributed by atoms with van der Waals surface area (Å²) in [7, 11) is 1.32. The van der Waals surface area contributed by atoms with Crippen LogP contribution in [0.4, 0.5) is 0 Å². The molecule has 9 heteroatoms. The fourth-order valence-electron chi connectivity index (χ4n) is 7.46. The summed E-state index contributed by atoms with van der Waals surface area (Å²) < 4.78 is 22.0. The number of nitrogens with zero attached hydrogens (tertiary/aromatic N) is 3. The molecule has 9 rings (SSSR count). The van der Waals surface area contributed by atoms with E-state index in [9.17, 15) is 14.7 Å². The number of hydrogen-bond acceptors (Lipinski definition) is 6. The van der Waals surface area contributed by atoms with Gasteiger partial charge in [-0.05, 0) is 83.9 Å². The van der Waals surface area contributed by atoms with Crippen LogP contribution in [0, 0.1) is 0 Å². The van der Waals surface area contributed by atoms with Crippen LogP contribution in [0.25, 0.3) is 55.0 Å². The van der Waals surface area contributed by atoms with E-state index in [1.54, 1.807) is 24.3 Å². The molecular formula is C46H33N3O6. The number of para-hydroxylation sites is 4. The van der Waals surface area contributed by atoms with Crippen molar-refractivity contribution in [1.82, 2.24) is 14.1 Å². The van der Waals surface area contributed by atoms with E-state index in [-0.39, 0.29) is 30.2 Å². The van der Waals surface area contributed by atoms with Gasteiger partial charge in [-0.3, -0.25) is 0 Å². The average molecular weight is 724 g/mol. The molecule has 0 bridgehead atoms. The number of aromatic nitrogens is 3. The van der Waals surface area contributed by atoms with Crippen molar-refractivity contribution in [3.8, 4) is 22.9 Å². The monoisotopic (exact) mass is 723 g/mol. The van der Waals surface area contributed by atoms with Crippen LogP contribution in [-0.2, 0) is 18.0 Å². The van der Waals surface area contributed by atoms with Crippen molar-refractivity contribution in [2.24, 2.45) is 0 Å². The number of carbonyl (C=O) groups is 2. The molecule has 9 nitrogen and oxygen atoms in total. The maximum absolute atomic E-state index is 12.8. The summed E-state index contributed by atoms with van der Waals surface area (Å²) in [4.78, 5) is 28.4. The molecule has 0 atom stereocenters. The van der Waals surface area contributed by atoms with E-state index in [0.29, 0.717) is 11.3 Å². The Hall–Kier alpha value is -7.39. The predicted octanol–water partition coefficient (Wildman–Crippen LogP) is 9.92. The van der Waals surface area contributed by atoms with Gasteiger partial charge in [0.1, 0.15) is 19.0 Å². The van der Waals surface area contributed by atoms with Crippen LogP contribution in [0.3, 0.4) is 0 Å². The van der Waals surface area contributed by atoms with Crippen LogP contribution >= 0.6 is 0 Å². The van der Waals surface area contributed by atoms with Crippen molar-refractivity contribution in [2.75, 3.05) is 7.11 Å². The van der Waals surface area contributed by atoms with Gasteiger partial charge in [-0.2, -0.15) is 0 Å². The van der Waals surface area contributed by atoms with Crippen molar-refractivity contribution in [1.29, 1.82) is 0 Å². The third kappa shape index (κ3) is 6.07. The fourth-order valence-corrected chi connectivity index (χ4v) is 7.46. The lowest BCUT2D eigenvalue weighted by Crippen LogP contribution is -2.08. The molecule has 0 aliphatic heterocycles. The molecule has 6 aromatic carbocycles. The topological polar surface area (TPSA) is 105 Å². The molecule has 0 unspecified atom stereocenters. The Bertz CT molecular complexity index is 2700. The van der Waals surface area contributed by atoms with Gasteiger partial charge in [0.25, 0.3) is 0 Å². The summed E-state index contributed by atoms with van der Waals surface area (Å²) in [5.74, 6) is -1.21. The minimum absolute atomic E-state index is 0.0334. The normalized spacial score (nSPS) is 11.4. The van der Waals surface area contributed by atoms with Crippen LogP contribution in [0.5, 0.6) is 11.5 Å². The summed E-state index contributed by atoms with van der Waals surface area (Å²) in [6, 6.07) is 48.4. The van der Waals surface area contributed by atoms with E-state index in [4.69, 9.17) is 14.2 Å². The van der Waals surface area contributed by atoms with E-state index < -0.39 is 11.9 Å². The highest BCUT2D eigenvalue weighted by atomic mass is 16.5. The van der Waals surface area contributed by atoms with E-state index in [1.807, 2.05) is 0 Å². The first-order valence-corrected chi connectivity index (χ1v) is 17.7. The minimum atomic E-state index is -1.20. The second kappa shape index (κ2) is 13.9. The maximum Gasteiger partial charge on any atom is 0.358 e. The van der Waals surface area contributed by atoms with Crippen LogP contribution in [0.1, 0.15) is 32.0 Å². The highest BCUT2D eigenvalue weighted by molar-refractivity contribution is 6.10. The summed E-state index contributed by atoms with van der Waals surface area (Å²) in [6.07, 6.45) is 1.39. The van der Waals surface area contributed by atoms with Crippen LogP contribution in [0.2, 0.25) is 0 Å². The number of carboxylic acid groups (broad SMARTS) is 1. The first kappa shape index (κ1) is 33.4. The quantitative estimate of drug-likeness (QED) is 0.140. The SMILES string of the molecule is COC(=O)c1cc(COc2cccnc2C(=O)O)cc(OCc2cc(-n3c4ccccc4c4ccccc43)cc(-n3c4ccccc4c4ccccc43)c2)c1. The first-order chi connectivity index (χ1) is 27.0. The molecule has 0 aliphatic carbocycles. The first-order valence-electron chi connectivity index (χ1n) is 17.7. The molecule has 3 aromatic heterocycles. The molecule has 0 saturated heterocycles. The number of fused-ring (bicyclic) bond motifs is 6. The lowest BCUT2D eigenvalue weighted by atomic mass is 10.1. The summed E-state index contributed by atoms with van der Waals surface area (Å²) in [5.41, 5.74) is 7.85. The number of carboxylic acids is 1. The third-order valence-electron chi connectivity index (χ3n) is 9.80. The van der Waals surface area contributed by atoms with Gasteiger partial charge >= 0.3 is 11.9 Å². The van der Waals surface area contributed by atoms with E-state index >= 15 is 0 Å². The fraction of sp³-hybridized carbons (Fsp3) is 0.0652. The highest BCUT2D eigenvalue weighted by Gasteiger charge is 2.18. The van der Waals surface area contributed by atoms with Crippen molar-refractivity contribution in [3.63, 3.8) is 0 Å². The minimum Gasteiger partial charge on any atom is -0.489 e. The standard InChI is InChI=1S/C46H33N3O6/c1-53-46(52)31-21-29(28-55-43-19-10-20-47-44(43)45(50)51)24-34(25-31)54-27-30-22-32(48-39-15-6-2-11-35(39)36-12-3-7-16-40(36)48)26-33(23-30)49-41-17-8-4-13-37(41)38-14-5-9-18-42(38)49/h2-26H,27-28H2,1H3,(H,50,51). The van der Waals surface area contributed by atoms with Gasteiger partial charge in [0.2, 0.25) is 0 Å². The molecule has 0 fully saturated rings. The number of ether oxygens (including phenoxy) is 3. The molecule has 55 heavy (non-hydrogen) atoms. The molecule has 1 N–H and O–H groups in total. The molecule has 268 valence electrons. The number of esters is 1. The number of benzene rings is 6. The molecule has 3 heterocycles. The summed E-state index contributed by atoms with van der Waals surface area (Å²) >= 11 is 0. The molecule has 0 amide bonds. The van der Waals surface area contributed by atoms with Gasteiger partial charge in [0.05, 0.1) is 34.7 Å². The van der Waals surface area contributed by atoms with Crippen molar-refractivity contribution in [2.45, 2.75) is 13.2 Å². The van der Waals surface area contributed by atoms with Crippen LogP contribution in [0.15, 0.2) is 152 Å². The lowest BCUT2D eigenvalue weighted by molar-refractivity contribution is 0.0599. The number of aromatic carboxylic acids is 1. The lowest BCUT2D eigenvalue weighted by Gasteiger charge is -2.16. The van der Waals surface area contributed by atoms with Gasteiger partial charge in [0.15, 0.2) is 11.4 Å². The zero-order valence-electron chi connectivity index (χ0n) is 29.7. The van der Waals surface area contributed by atoms with Crippen molar-refractivity contribution >= 4 is 55.6 Å². The summed E-state index contributed by atoms with van der Waals surface area (Å²) in [5, 5.41) is 14.2. The van der Waals surface area contributed by atoms with E-state index in [0.717, 1.165) is 60.5 Å². The molecular weight excluding hydrogens is 691 g/mol. The molecule has 0 saturated carbocycles. The Morgan fingerprint density at radius 1 is 0.582 bits per heavy atom. The number of rotatable bonds is 10. The number of pyridine rings is 1. The number of carbonyl (C=O) groups excluding carboxylic acids is 1. The number of methoxy groups -OCH3 is 1. The van der Waals surface area contributed by atoms with Gasteiger partial charge in [-0.15, -0.1) is 0 Å². The predicted molar refractivity (Wildman–Crippen MR) is 213 cm³/mol. The van der Waals surface area contributed by atoms with Crippen LogP contribution < -0.4 is 9.47 Å². The molecule has 0 aliphatic rings. The van der Waals surface area contributed by atoms with Gasteiger partial charge in [-0.1, -0.05) is 72.8 Å². The van der Waals surface area contributed by atoms with Crippen molar-refractivity contribution in [3.05, 3.63) is 174 Å².